The number of carbonyl (C=O) groups is 2. The molecule has 0 saturated carbocycles. The molecule has 20 heavy (non-hydrogen) atoms. The standard InChI is InChI=1S/C11H10O3.3C2H6/c12-10-7-9(11(13)14-10)6-8-4-2-1-3-5-8;3*1-2/h1-5,9H,6-7H2;3*1-2H3. The number of ether oxygens (including phenoxy) is 1. The van der Waals surface area contributed by atoms with E-state index in [2.05, 4.69) is 4.74 Å². The number of rotatable bonds is 2. The predicted molar refractivity (Wildman–Crippen MR) is 83.4 cm³/mol. The van der Waals surface area contributed by atoms with Crippen LogP contribution in [0, 0.1) is 5.92 Å². The molecule has 0 amide bonds. The molecule has 1 aromatic rings. The average molecular weight is 280 g/mol. The number of carbonyl (C=O) groups excluding carboxylic acids is 2. The molecular formula is C17H28O3. The Kier molecular flexibility index (Phi) is 14.2. The fourth-order valence-corrected chi connectivity index (χ4v) is 1.58. The summed E-state index contributed by atoms with van der Waals surface area (Å²) in [5.74, 6) is -1.08. The molecule has 0 aliphatic carbocycles. The molecule has 2 rings (SSSR count). The minimum Gasteiger partial charge on any atom is -0.393 e. The molecule has 1 heterocycles. The molecule has 114 valence electrons. The van der Waals surface area contributed by atoms with Crippen molar-refractivity contribution < 1.29 is 14.3 Å². The van der Waals surface area contributed by atoms with E-state index in [0.717, 1.165) is 5.56 Å². The Morgan fingerprint density at radius 2 is 1.45 bits per heavy atom. The molecule has 3 nitrogen and oxygen atoms in total. The SMILES string of the molecule is CC.CC.CC.O=C1CC(Cc2ccccc2)C(=O)O1. The maximum Gasteiger partial charge on any atom is 0.317 e. The number of benzene rings is 1. The normalized spacial score (nSPS) is 15.6. The van der Waals surface area contributed by atoms with Crippen LogP contribution in [0.15, 0.2) is 30.3 Å². The summed E-state index contributed by atoms with van der Waals surface area (Å²) in [6.07, 6.45) is 0.805. The van der Waals surface area contributed by atoms with Crippen LogP contribution in [-0.4, -0.2) is 11.9 Å². The first-order valence-corrected chi connectivity index (χ1v) is 7.54. The molecule has 0 bridgehead atoms. The summed E-state index contributed by atoms with van der Waals surface area (Å²) in [4.78, 5) is 22.0. The summed E-state index contributed by atoms with van der Waals surface area (Å²) in [5.41, 5.74) is 1.06. The van der Waals surface area contributed by atoms with Crippen LogP contribution in [0.25, 0.3) is 0 Å². The van der Waals surface area contributed by atoms with E-state index in [0.29, 0.717) is 6.42 Å². The van der Waals surface area contributed by atoms with E-state index in [1.807, 2.05) is 71.9 Å². The third-order valence-electron chi connectivity index (χ3n) is 2.29. The molecule has 1 unspecified atom stereocenters. The van der Waals surface area contributed by atoms with Gasteiger partial charge in [0.15, 0.2) is 0 Å². The van der Waals surface area contributed by atoms with Gasteiger partial charge in [-0.25, -0.2) is 0 Å². The van der Waals surface area contributed by atoms with Crippen molar-refractivity contribution >= 4 is 11.9 Å². The maximum absolute atomic E-state index is 11.1. The summed E-state index contributed by atoms with van der Waals surface area (Å²) in [6, 6.07) is 9.63. The zero-order valence-corrected chi connectivity index (χ0v) is 13.6. The largest absolute Gasteiger partial charge is 0.393 e. The molecule has 0 aromatic heterocycles. The van der Waals surface area contributed by atoms with Gasteiger partial charge in [0.2, 0.25) is 0 Å². The highest BCUT2D eigenvalue weighted by atomic mass is 16.6. The zero-order chi connectivity index (χ0) is 16.0. The van der Waals surface area contributed by atoms with E-state index >= 15 is 0 Å². The first-order chi connectivity index (χ1) is 9.75. The molecule has 3 heteroatoms. The Morgan fingerprint density at radius 1 is 0.950 bits per heavy atom. The van der Waals surface area contributed by atoms with Crippen molar-refractivity contribution in [1.29, 1.82) is 0 Å². The van der Waals surface area contributed by atoms with E-state index in [9.17, 15) is 9.59 Å². The number of esters is 2. The highest BCUT2D eigenvalue weighted by molar-refractivity contribution is 5.94. The number of hydrogen-bond acceptors (Lipinski definition) is 3. The topological polar surface area (TPSA) is 43.4 Å². The number of cyclic esters (lactones) is 2. The van der Waals surface area contributed by atoms with Crippen molar-refractivity contribution in [2.75, 3.05) is 0 Å². The van der Waals surface area contributed by atoms with Crippen LogP contribution in [0.4, 0.5) is 0 Å². The molecule has 1 aliphatic rings. The molecule has 0 spiro atoms. The van der Waals surface area contributed by atoms with Crippen LogP contribution in [0.3, 0.4) is 0 Å². The third-order valence-corrected chi connectivity index (χ3v) is 2.29. The van der Waals surface area contributed by atoms with Gasteiger partial charge in [-0.2, -0.15) is 0 Å². The minimum atomic E-state index is -0.407. The van der Waals surface area contributed by atoms with Crippen molar-refractivity contribution in [1.82, 2.24) is 0 Å². The lowest BCUT2D eigenvalue weighted by molar-refractivity contribution is -0.153. The molecule has 1 saturated heterocycles. The van der Waals surface area contributed by atoms with Crippen molar-refractivity contribution in [3.05, 3.63) is 35.9 Å². The second-order valence-electron chi connectivity index (χ2n) is 3.38. The highest BCUT2D eigenvalue weighted by Gasteiger charge is 2.33. The smallest absolute Gasteiger partial charge is 0.317 e. The molecule has 1 aliphatic heterocycles. The summed E-state index contributed by atoms with van der Waals surface area (Å²) in [7, 11) is 0. The second-order valence-corrected chi connectivity index (χ2v) is 3.38. The lowest BCUT2D eigenvalue weighted by atomic mass is 9.98. The Morgan fingerprint density at radius 3 is 1.85 bits per heavy atom. The van der Waals surface area contributed by atoms with Gasteiger partial charge in [0, 0.05) is 0 Å². The Hall–Kier alpha value is -1.64. The maximum atomic E-state index is 11.1. The summed E-state index contributed by atoms with van der Waals surface area (Å²) in [5, 5.41) is 0. The predicted octanol–water partition coefficient (Wildman–Crippen LogP) is 4.40. The van der Waals surface area contributed by atoms with Crippen molar-refractivity contribution in [2.24, 2.45) is 5.92 Å². The van der Waals surface area contributed by atoms with Crippen LogP contribution < -0.4 is 0 Å². The minimum absolute atomic E-state index is 0.216. The summed E-state index contributed by atoms with van der Waals surface area (Å²) >= 11 is 0. The lowest BCUT2D eigenvalue weighted by Crippen LogP contribution is -2.10. The van der Waals surface area contributed by atoms with E-state index in [4.69, 9.17) is 0 Å². The van der Waals surface area contributed by atoms with Gasteiger partial charge in [0.25, 0.3) is 0 Å². The van der Waals surface area contributed by atoms with Crippen molar-refractivity contribution in [2.45, 2.75) is 54.4 Å². The van der Waals surface area contributed by atoms with Gasteiger partial charge in [-0.15, -0.1) is 0 Å². The van der Waals surface area contributed by atoms with E-state index in [1.165, 1.54) is 0 Å². The van der Waals surface area contributed by atoms with Crippen LogP contribution >= 0.6 is 0 Å². The number of hydrogen-bond donors (Lipinski definition) is 0. The van der Waals surface area contributed by atoms with Crippen LogP contribution in [-0.2, 0) is 20.7 Å². The highest BCUT2D eigenvalue weighted by Crippen LogP contribution is 2.20. The Balaban J connectivity index is 0. The van der Waals surface area contributed by atoms with Crippen molar-refractivity contribution in [3.8, 4) is 0 Å². The first-order valence-electron chi connectivity index (χ1n) is 7.54. The van der Waals surface area contributed by atoms with Gasteiger partial charge in [-0.1, -0.05) is 71.9 Å². The third kappa shape index (κ3) is 7.72. The van der Waals surface area contributed by atoms with Gasteiger partial charge in [-0.05, 0) is 12.0 Å². The molecular weight excluding hydrogens is 252 g/mol. The van der Waals surface area contributed by atoms with E-state index in [1.54, 1.807) is 0 Å². The van der Waals surface area contributed by atoms with Gasteiger partial charge in [-0.3, -0.25) is 9.59 Å². The van der Waals surface area contributed by atoms with Gasteiger partial charge in [0.05, 0.1) is 12.3 Å². The summed E-state index contributed by atoms with van der Waals surface area (Å²) in [6.45, 7) is 12.0. The van der Waals surface area contributed by atoms with Crippen molar-refractivity contribution in [3.63, 3.8) is 0 Å². The quantitative estimate of drug-likeness (QED) is 0.596. The fraction of sp³-hybridized carbons (Fsp3) is 0.529. The molecule has 1 aromatic carbocycles. The van der Waals surface area contributed by atoms with Gasteiger partial charge >= 0.3 is 11.9 Å². The van der Waals surface area contributed by atoms with E-state index < -0.39 is 5.97 Å². The summed E-state index contributed by atoms with van der Waals surface area (Å²) < 4.78 is 4.47. The zero-order valence-electron chi connectivity index (χ0n) is 13.6. The van der Waals surface area contributed by atoms with Gasteiger partial charge in [0.1, 0.15) is 0 Å². The fourth-order valence-electron chi connectivity index (χ4n) is 1.58. The average Bonchev–Trinajstić information content (AvgIpc) is 2.84. The Labute approximate surface area is 123 Å². The van der Waals surface area contributed by atoms with Crippen LogP contribution in [0.5, 0.6) is 0 Å². The monoisotopic (exact) mass is 280 g/mol. The molecule has 1 atom stereocenters. The van der Waals surface area contributed by atoms with Crippen LogP contribution in [0.1, 0.15) is 53.5 Å². The van der Waals surface area contributed by atoms with Crippen LogP contribution in [0.2, 0.25) is 0 Å². The van der Waals surface area contributed by atoms with Gasteiger partial charge < -0.3 is 4.74 Å². The molecule has 0 radical (unpaired) electrons. The molecule has 1 fully saturated rings. The Bertz CT molecular complexity index is 358. The lowest BCUT2D eigenvalue weighted by Gasteiger charge is -2.03. The first kappa shape index (κ1) is 20.7. The second kappa shape index (κ2) is 13.8. The molecule has 0 N–H and O–H groups in total. The van der Waals surface area contributed by atoms with E-state index in [-0.39, 0.29) is 18.3 Å².